The van der Waals surface area contributed by atoms with E-state index in [-0.39, 0.29) is 5.41 Å². The van der Waals surface area contributed by atoms with Gasteiger partial charge in [-0.3, -0.25) is 0 Å². The Kier molecular flexibility index (Phi) is 6.93. The van der Waals surface area contributed by atoms with Crippen LogP contribution in [0.1, 0.15) is 25.0 Å². The molecule has 0 N–H and O–H groups in total. The minimum Gasteiger partial charge on any atom is -0.455 e. The molecule has 0 spiro atoms. The fourth-order valence-electron chi connectivity index (χ4n) is 9.30. The SMILES string of the molecule is CC1(C)c2cc(-c3c4ccccc4c(-c4cccc5c4oc4ccccc45)c4ccccc34)ccc2-c2ccc(N(c3ccccc3)c3ccccc3)cc21. The van der Waals surface area contributed by atoms with E-state index in [1.165, 1.54) is 60.5 Å². The van der Waals surface area contributed by atoms with Gasteiger partial charge >= 0.3 is 0 Å². The van der Waals surface area contributed by atoms with Crippen molar-refractivity contribution in [2.24, 2.45) is 0 Å². The van der Waals surface area contributed by atoms with Crippen LogP contribution in [0, 0.1) is 0 Å². The summed E-state index contributed by atoms with van der Waals surface area (Å²) in [7, 11) is 0. The third kappa shape index (κ3) is 4.74. The van der Waals surface area contributed by atoms with Crippen LogP contribution in [0.15, 0.2) is 192 Å². The molecule has 0 saturated carbocycles. The maximum absolute atomic E-state index is 6.63. The second-order valence-electron chi connectivity index (χ2n) is 15.2. The molecule has 2 heteroatoms. The number of hydrogen-bond acceptors (Lipinski definition) is 2. The van der Waals surface area contributed by atoms with Gasteiger partial charge in [-0.1, -0.05) is 153 Å². The van der Waals surface area contributed by atoms with Gasteiger partial charge in [-0.2, -0.15) is 0 Å². The van der Waals surface area contributed by atoms with E-state index in [2.05, 4.69) is 201 Å². The highest BCUT2D eigenvalue weighted by Gasteiger charge is 2.36. The minimum absolute atomic E-state index is 0.210. The Bertz CT molecular complexity index is 3020. The maximum Gasteiger partial charge on any atom is 0.143 e. The van der Waals surface area contributed by atoms with Gasteiger partial charge in [-0.25, -0.2) is 0 Å². The minimum atomic E-state index is -0.210. The van der Waals surface area contributed by atoms with E-state index in [1.54, 1.807) is 0 Å². The topological polar surface area (TPSA) is 16.4 Å². The smallest absolute Gasteiger partial charge is 0.143 e. The zero-order chi connectivity index (χ0) is 36.7. The number of fused-ring (bicyclic) bond motifs is 8. The van der Waals surface area contributed by atoms with E-state index in [1.807, 2.05) is 6.07 Å². The molecule has 1 heterocycles. The molecule has 55 heavy (non-hydrogen) atoms. The van der Waals surface area contributed by atoms with Crippen LogP contribution in [0.4, 0.5) is 17.1 Å². The number of hydrogen-bond donors (Lipinski definition) is 0. The first-order valence-electron chi connectivity index (χ1n) is 19.1. The van der Waals surface area contributed by atoms with Crippen molar-refractivity contribution in [2.75, 3.05) is 4.90 Å². The lowest BCUT2D eigenvalue weighted by Crippen LogP contribution is -2.16. The normalized spacial score (nSPS) is 13.1. The monoisotopic (exact) mass is 703 g/mol. The molecule has 0 radical (unpaired) electrons. The van der Waals surface area contributed by atoms with Crippen molar-refractivity contribution in [3.8, 4) is 33.4 Å². The fraction of sp³-hybridized carbons (Fsp3) is 0.0566. The van der Waals surface area contributed by atoms with Gasteiger partial charge in [0.15, 0.2) is 0 Å². The molecule has 2 nitrogen and oxygen atoms in total. The van der Waals surface area contributed by atoms with Gasteiger partial charge in [-0.15, -0.1) is 0 Å². The van der Waals surface area contributed by atoms with Crippen LogP contribution in [-0.2, 0) is 5.41 Å². The lowest BCUT2D eigenvalue weighted by atomic mass is 9.80. The van der Waals surface area contributed by atoms with Gasteiger partial charge in [0.1, 0.15) is 11.2 Å². The second-order valence-corrected chi connectivity index (χ2v) is 15.2. The predicted molar refractivity (Wildman–Crippen MR) is 232 cm³/mol. The van der Waals surface area contributed by atoms with Gasteiger partial charge in [-0.05, 0) is 103 Å². The molecule has 0 saturated heterocycles. The molecule has 9 aromatic carbocycles. The van der Waals surface area contributed by atoms with Gasteiger partial charge < -0.3 is 9.32 Å². The highest BCUT2D eigenvalue weighted by Crippen LogP contribution is 2.53. The molecule has 0 bridgehead atoms. The van der Waals surface area contributed by atoms with Crippen LogP contribution in [0.3, 0.4) is 0 Å². The Morgan fingerprint density at radius 2 is 0.891 bits per heavy atom. The fourth-order valence-corrected chi connectivity index (χ4v) is 9.30. The summed E-state index contributed by atoms with van der Waals surface area (Å²) in [6.07, 6.45) is 0. The second kappa shape index (κ2) is 12.1. The molecule has 0 unspecified atom stereocenters. The third-order valence-electron chi connectivity index (χ3n) is 11.8. The Hall–Kier alpha value is -6.90. The van der Waals surface area contributed by atoms with Crippen LogP contribution in [0.5, 0.6) is 0 Å². The Morgan fingerprint density at radius 3 is 1.53 bits per heavy atom. The van der Waals surface area contributed by atoms with Crippen molar-refractivity contribution in [1.29, 1.82) is 0 Å². The molecule has 10 aromatic rings. The van der Waals surface area contributed by atoms with Crippen LogP contribution in [-0.4, -0.2) is 0 Å². The van der Waals surface area contributed by atoms with Crippen LogP contribution < -0.4 is 4.90 Å². The molecule has 1 aliphatic carbocycles. The van der Waals surface area contributed by atoms with E-state index in [4.69, 9.17) is 4.42 Å². The summed E-state index contributed by atoms with van der Waals surface area (Å²) < 4.78 is 6.63. The molecule has 260 valence electrons. The van der Waals surface area contributed by atoms with Crippen molar-refractivity contribution in [1.82, 2.24) is 0 Å². The summed E-state index contributed by atoms with van der Waals surface area (Å²) in [4.78, 5) is 2.36. The van der Waals surface area contributed by atoms with Gasteiger partial charge in [0.05, 0.1) is 0 Å². The summed E-state index contributed by atoms with van der Waals surface area (Å²) in [6.45, 7) is 4.77. The zero-order valence-corrected chi connectivity index (χ0v) is 30.8. The number of furan rings is 1. The quantitative estimate of drug-likeness (QED) is 0.166. The largest absolute Gasteiger partial charge is 0.455 e. The number of para-hydroxylation sites is 4. The molecular formula is C53H37NO. The number of anilines is 3. The average molecular weight is 704 g/mol. The predicted octanol–water partition coefficient (Wildman–Crippen LogP) is 15.0. The molecule has 1 aliphatic rings. The van der Waals surface area contributed by atoms with E-state index in [0.29, 0.717) is 0 Å². The van der Waals surface area contributed by atoms with Gasteiger partial charge in [0.2, 0.25) is 0 Å². The molecule has 0 atom stereocenters. The number of nitrogens with zero attached hydrogens (tertiary/aromatic N) is 1. The summed E-state index contributed by atoms with van der Waals surface area (Å²) in [5.74, 6) is 0. The highest BCUT2D eigenvalue weighted by atomic mass is 16.3. The van der Waals surface area contributed by atoms with Gasteiger partial charge in [0, 0.05) is 44.4 Å². The van der Waals surface area contributed by atoms with E-state index in [0.717, 1.165) is 44.6 Å². The van der Waals surface area contributed by atoms with E-state index in [9.17, 15) is 0 Å². The number of rotatable bonds is 5. The molecule has 11 rings (SSSR count). The van der Waals surface area contributed by atoms with Crippen molar-refractivity contribution in [3.63, 3.8) is 0 Å². The molecule has 0 amide bonds. The van der Waals surface area contributed by atoms with Crippen LogP contribution in [0.2, 0.25) is 0 Å². The Balaban J connectivity index is 1.09. The summed E-state index contributed by atoms with van der Waals surface area (Å²) in [5, 5.41) is 7.20. The summed E-state index contributed by atoms with van der Waals surface area (Å²) in [5.41, 5.74) is 15.2. The number of benzene rings is 9. The van der Waals surface area contributed by atoms with Crippen molar-refractivity contribution < 1.29 is 4.42 Å². The maximum atomic E-state index is 6.63. The summed E-state index contributed by atoms with van der Waals surface area (Å²) in [6, 6.07) is 68.2. The van der Waals surface area contributed by atoms with Crippen molar-refractivity contribution in [3.05, 3.63) is 199 Å². The molecular weight excluding hydrogens is 667 g/mol. The Morgan fingerprint density at radius 1 is 0.382 bits per heavy atom. The summed E-state index contributed by atoms with van der Waals surface area (Å²) >= 11 is 0. The van der Waals surface area contributed by atoms with Gasteiger partial charge in [0.25, 0.3) is 0 Å². The van der Waals surface area contributed by atoms with Crippen LogP contribution in [0.25, 0.3) is 76.9 Å². The van der Waals surface area contributed by atoms with E-state index >= 15 is 0 Å². The van der Waals surface area contributed by atoms with Crippen LogP contribution >= 0.6 is 0 Å². The van der Waals surface area contributed by atoms with Crippen molar-refractivity contribution in [2.45, 2.75) is 19.3 Å². The lowest BCUT2D eigenvalue weighted by Gasteiger charge is -2.28. The third-order valence-corrected chi connectivity index (χ3v) is 11.8. The first-order chi connectivity index (χ1) is 27.1. The first-order valence-corrected chi connectivity index (χ1v) is 19.1. The highest BCUT2D eigenvalue weighted by molar-refractivity contribution is 6.24. The average Bonchev–Trinajstić information content (AvgIpc) is 3.72. The lowest BCUT2D eigenvalue weighted by molar-refractivity contribution is 0.660. The van der Waals surface area contributed by atoms with E-state index < -0.39 is 0 Å². The standard InChI is InChI=1S/C53H37NO/c1-53(2)47-32-34(28-30-38(47)39-31-29-37(33-48(39)53)54(35-16-5-3-6-17-35)36-18-7-4-8-19-36)50-41-21-9-11-23-43(41)51(44-24-12-10-22-42(44)50)46-26-15-25-45-40-20-13-14-27-49(40)55-52(45)46/h3-33H,1-2H3. The van der Waals surface area contributed by atoms with Crippen molar-refractivity contribution >= 4 is 60.5 Å². The zero-order valence-electron chi connectivity index (χ0n) is 30.8. The molecule has 0 fully saturated rings. The Labute approximate surface area is 320 Å². The first kappa shape index (κ1) is 31.6. The molecule has 1 aromatic heterocycles. The molecule has 0 aliphatic heterocycles.